The van der Waals surface area contributed by atoms with E-state index in [-0.39, 0.29) is 0 Å². The van der Waals surface area contributed by atoms with Gasteiger partial charge in [0.2, 0.25) is 0 Å². The largest absolute Gasteiger partial charge is 0.464 e. The van der Waals surface area contributed by atoms with Gasteiger partial charge in [0, 0.05) is 23.2 Å². The summed E-state index contributed by atoms with van der Waals surface area (Å²) >= 11 is 6.17. The zero-order valence-corrected chi connectivity index (χ0v) is 10.8. The summed E-state index contributed by atoms with van der Waals surface area (Å²) < 4.78 is 5.38. The number of hydrogen-bond donors (Lipinski definition) is 1. The third kappa shape index (κ3) is 3.11. The first-order valence-corrected chi connectivity index (χ1v) is 6.10. The number of halogens is 1. The molecule has 2 aromatic rings. The summed E-state index contributed by atoms with van der Waals surface area (Å²) in [5, 5.41) is 4.15. The number of rotatable bonds is 4. The molecule has 0 amide bonds. The van der Waals surface area contributed by atoms with Crippen LogP contribution in [0.1, 0.15) is 19.4 Å². The first-order chi connectivity index (χ1) is 8.16. The molecule has 0 atom stereocenters. The van der Waals surface area contributed by atoms with Crippen LogP contribution in [0.25, 0.3) is 11.3 Å². The molecule has 0 saturated heterocycles. The first-order valence-electron chi connectivity index (χ1n) is 5.72. The summed E-state index contributed by atoms with van der Waals surface area (Å²) in [6.07, 6.45) is 1.68. The van der Waals surface area contributed by atoms with E-state index >= 15 is 0 Å². The molecule has 1 heterocycles. The van der Waals surface area contributed by atoms with Crippen LogP contribution in [-0.4, -0.2) is 6.04 Å². The van der Waals surface area contributed by atoms with E-state index in [1.807, 2.05) is 24.3 Å². The summed E-state index contributed by atoms with van der Waals surface area (Å²) in [5.41, 5.74) is 2.15. The van der Waals surface area contributed by atoms with Gasteiger partial charge in [0.15, 0.2) is 0 Å². The normalized spacial score (nSPS) is 11.1. The minimum Gasteiger partial charge on any atom is -0.464 e. The van der Waals surface area contributed by atoms with Crippen molar-refractivity contribution in [2.75, 3.05) is 0 Å². The van der Waals surface area contributed by atoms with Gasteiger partial charge in [0.25, 0.3) is 0 Å². The summed E-state index contributed by atoms with van der Waals surface area (Å²) in [5.74, 6) is 0.868. The van der Waals surface area contributed by atoms with Gasteiger partial charge in [0.1, 0.15) is 5.76 Å². The summed E-state index contributed by atoms with van der Waals surface area (Å²) in [6.45, 7) is 5.00. The monoisotopic (exact) mass is 249 g/mol. The van der Waals surface area contributed by atoms with Gasteiger partial charge in [-0.05, 0) is 35.9 Å². The van der Waals surface area contributed by atoms with E-state index in [1.54, 1.807) is 6.26 Å². The molecule has 90 valence electrons. The van der Waals surface area contributed by atoms with Crippen molar-refractivity contribution < 1.29 is 4.42 Å². The summed E-state index contributed by atoms with van der Waals surface area (Å²) in [6, 6.07) is 10.2. The van der Waals surface area contributed by atoms with Crippen LogP contribution in [0.2, 0.25) is 5.02 Å². The van der Waals surface area contributed by atoms with E-state index in [0.717, 1.165) is 28.5 Å². The molecule has 0 spiro atoms. The Kier molecular flexibility index (Phi) is 3.87. The molecular formula is C14H16ClNO. The fourth-order valence-corrected chi connectivity index (χ4v) is 1.80. The van der Waals surface area contributed by atoms with Crippen molar-refractivity contribution in [3.8, 4) is 11.3 Å². The molecule has 0 unspecified atom stereocenters. The van der Waals surface area contributed by atoms with E-state index in [4.69, 9.17) is 16.0 Å². The number of nitrogens with one attached hydrogen (secondary N) is 1. The molecule has 0 saturated carbocycles. The van der Waals surface area contributed by atoms with Gasteiger partial charge < -0.3 is 9.73 Å². The maximum Gasteiger partial charge on any atom is 0.133 e. The van der Waals surface area contributed by atoms with Crippen LogP contribution < -0.4 is 5.32 Å². The van der Waals surface area contributed by atoms with Crippen molar-refractivity contribution in [1.82, 2.24) is 5.32 Å². The van der Waals surface area contributed by atoms with Gasteiger partial charge >= 0.3 is 0 Å². The molecular weight excluding hydrogens is 234 g/mol. The molecule has 0 fully saturated rings. The first kappa shape index (κ1) is 12.2. The average Bonchev–Trinajstić information content (AvgIpc) is 2.81. The smallest absolute Gasteiger partial charge is 0.133 e. The van der Waals surface area contributed by atoms with Crippen LogP contribution in [0.5, 0.6) is 0 Å². The molecule has 1 aromatic heterocycles. The second-order valence-electron chi connectivity index (χ2n) is 4.32. The van der Waals surface area contributed by atoms with Gasteiger partial charge in [-0.2, -0.15) is 0 Å². The van der Waals surface area contributed by atoms with Crippen molar-refractivity contribution in [3.63, 3.8) is 0 Å². The lowest BCUT2D eigenvalue weighted by atomic mass is 10.1. The van der Waals surface area contributed by atoms with E-state index in [0.29, 0.717) is 6.04 Å². The third-order valence-corrected chi connectivity index (χ3v) is 2.92. The van der Waals surface area contributed by atoms with Crippen LogP contribution in [0.15, 0.2) is 41.0 Å². The van der Waals surface area contributed by atoms with Crippen molar-refractivity contribution >= 4 is 11.6 Å². The van der Waals surface area contributed by atoms with Gasteiger partial charge in [-0.1, -0.05) is 25.4 Å². The van der Waals surface area contributed by atoms with E-state index in [1.165, 1.54) is 0 Å². The minimum absolute atomic E-state index is 0.443. The van der Waals surface area contributed by atoms with Crippen LogP contribution in [0.4, 0.5) is 0 Å². The number of furan rings is 1. The maximum atomic E-state index is 6.17. The molecule has 0 aliphatic rings. The Morgan fingerprint density at radius 2 is 2.12 bits per heavy atom. The lowest BCUT2D eigenvalue weighted by molar-refractivity contribution is 0.580. The third-order valence-electron chi connectivity index (χ3n) is 2.55. The Morgan fingerprint density at radius 3 is 2.76 bits per heavy atom. The maximum absolute atomic E-state index is 6.17. The predicted molar refractivity (Wildman–Crippen MR) is 71.1 cm³/mol. The standard InChI is InChI=1S/C14H16ClNO/c1-10(2)16-9-12-8-11(5-6-13(12)15)14-4-3-7-17-14/h3-8,10,16H,9H2,1-2H3. The second kappa shape index (κ2) is 5.39. The highest BCUT2D eigenvalue weighted by Crippen LogP contribution is 2.25. The van der Waals surface area contributed by atoms with Crippen molar-refractivity contribution in [1.29, 1.82) is 0 Å². The number of hydrogen-bond acceptors (Lipinski definition) is 2. The molecule has 3 heteroatoms. The van der Waals surface area contributed by atoms with Crippen LogP contribution in [0.3, 0.4) is 0 Å². The molecule has 2 rings (SSSR count). The molecule has 0 aliphatic heterocycles. The topological polar surface area (TPSA) is 25.2 Å². The highest BCUT2D eigenvalue weighted by molar-refractivity contribution is 6.31. The van der Waals surface area contributed by atoms with Crippen LogP contribution >= 0.6 is 11.6 Å². The van der Waals surface area contributed by atoms with Crippen molar-refractivity contribution in [3.05, 3.63) is 47.2 Å². The summed E-state index contributed by atoms with van der Waals surface area (Å²) in [7, 11) is 0. The van der Waals surface area contributed by atoms with Crippen LogP contribution in [-0.2, 0) is 6.54 Å². The average molecular weight is 250 g/mol. The molecule has 0 bridgehead atoms. The van der Waals surface area contributed by atoms with Crippen molar-refractivity contribution in [2.45, 2.75) is 26.4 Å². The van der Waals surface area contributed by atoms with Gasteiger partial charge in [-0.15, -0.1) is 0 Å². The van der Waals surface area contributed by atoms with Crippen LogP contribution in [0, 0.1) is 0 Å². The quantitative estimate of drug-likeness (QED) is 0.883. The van der Waals surface area contributed by atoms with E-state index in [9.17, 15) is 0 Å². The molecule has 17 heavy (non-hydrogen) atoms. The fraction of sp³-hybridized carbons (Fsp3) is 0.286. The Bertz CT molecular complexity index is 477. The lowest BCUT2D eigenvalue weighted by Crippen LogP contribution is -2.21. The van der Waals surface area contributed by atoms with Gasteiger partial charge in [-0.25, -0.2) is 0 Å². The zero-order valence-electron chi connectivity index (χ0n) is 10.0. The lowest BCUT2D eigenvalue weighted by Gasteiger charge is -2.10. The molecule has 1 aromatic carbocycles. The Morgan fingerprint density at radius 1 is 1.29 bits per heavy atom. The Balaban J connectivity index is 2.23. The zero-order chi connectivity index (χ0) is 12.3. The molecule has 0 aliphatic carbocycles. The second-order valence-corrected chi connectivity index (χ2v) is 4.73. The molecule has 2 nitrogen and oxygen atoms in total. The SMILES string of the molecule is CC(C)NCc1cc(-c2ccco2)ccc1Cl. The summed E-state index contributed by atoms with van der Waals surface area (Å²) in [4.78, 5) is 0. The van der Waals surface area contributed by atoms with E-state index < -0.39 is 0 Å². The minimum atomic E-state index is 0.443. The van der Waals surface area contributed by atoms with E-state index in [2.05, 4.69) is 25.2 Å². The Labute approximate surface area is 107 Å². The Hall–Kier alpha value is -1.25. The molecule has 0 radical (unpaired) electrons. The number of benzene rings is 1. The van der Waals surface area contributed by atoms with Crippen molar-refractivity contribution in [2.24, 2.45) is 0 Å². The fourth-order valence-electron chi connectivity index (χ4n) is 1.62. The van der Waals surface area contributed by atoms with Gasteiger partial charge in [-0.3, -0.25) is 0 Å². The molecule has 1 N–H and O–H groups in total. The highest BCUT2D eigenvalue weighted by atomic mass is 35.5. The van der Waals surface area contributed by atoms with Gasteiger partial charge in [0.05, 0.1) is 6.26 Å². The predicted octanol–water partition coefficient (Wildman–Crippen LogP) is 4.10. The highest BCUT2D eigenvalue weighted by Gasteiger charge is 2.06.